The molecule has 0 aliphatic heterocycles. The zero-order valence-corrected chi connectivity index (χ0v) is 26.0. The fourth-order valence-electron chi connectivity index (χ4n) is 4.31. The number of aliphatic hydroxyl groups excluding tert-OH is 1. The smallest absolute Gasteiger partial charge is 0.305 e. The molecule has 6 nitrogen and oxygen atoms in total. The van der Waals surface area contributed by atoms with Crippen LogP contribution in [-0.4, -0.2) is 42.1 Å². The summed E-state index contributed by atoms with van der Waals surface area (Å²) >= 11 is 0. The standard InChI is InChI=1S/C34H60O6/c1-4-5-18-24-31(35)25-20-15-11-7-6-8-12-16-21-26-33(37)39-28-32(36)29-40-34(38)27-22-17-13-9-10-14-19-23-30(2)3/h11,15,20,25,30,32,36H,4-10,12-14,16-19,21-24,26-29H2,1-3H3/b15-11-,25-20+/t32-/m1/s1. The Hall–Kier alpha value is -1.95. The number of aliphatic hydroxyl groups is 1. The van der Waals surface area contributed by atoms with E-state index in [2.05, 4.69) is 26.8 Å². The lowest BCUT2D eigenvalue weighted by Crippen LogP contribution is -2.25. The minimum atomic E-state index is -0.985. The van der Waals surface area contributed by atoms with Crippen LogP contribution in [0.3, 0.4) is 0 Å². The number of carbonyl (C=O) groups excluding carboxylic acids is 3. The molecule has 0 amide bonds. The highest BCUT2D eigenvalue weighted by Crippen LogP contribution is 2.13. The molecule has 0 heterocycles. The predicted molar refractivity (Wildman–Crippen MR) is 164 cm³/mol. The quantitative estimate of drug-likeness (QED) is 0.0443. The van der Waals surface area contributed by atoms with E-state index in [0.717, 1.165) is 83.0 Å². The van der Waals surface area contributed by atoms with Gasteiger partial charge < -0.3 is 14.6 Å². The molecule has 6 heteroatoms. The van der Waals surface area contributed by atoms with Gasteiger partial charge in [0.1, 0.15) is 19.3 Å². The van der Waals surface area contributed by atoms with Gasteiger partial charge in [0.05, 0.1) is 0 Å². The van der Waals surface area contributed by atoms with Crippen molar-refractivity contribution in [2.24, 2.45) is 5.92 Å². The first-order valence-electron chi connectivity index (χ1n) is 16.2. The molecule has 0 aromatic heterocycles. The molecule has 0 radical (unpaired) electrons. The average molecular weight is 565 g/mol. The third kappa shape index (κ3) is 29.0. The molecular weight excluding hydrogens is 504 g/mol. The Bertz CT molecular complexity index is 682. The minimum absolute atomic E-state index is 0.137. The molecular formula is C34H60O6. The number of rotatable bonds is 28. The molecule has 0 fully saturated rings. The van der Waals surface area contributed by atoms with Crippen molar-refractivity contribution in [1.29, 1.82) is 0 Å². The van der Waals surface area contributed by atoms with Gasteiger partial charge in [0, 0.05) is 19.3 Å². The van der Waals surface area contributed by atoms with Gasteiger partial charge in [-0.3, -0.25) is 14.4 Å². The second kappa shape index (κ2) is 28.6. The molecule has 0 aromatic rings. The highest BCUT2D eigenvalue weighted by atomic mass is 16.6. The van der Waals surface area contributed by atoms with Crippen LogP contribution >= 0.6 is 0 Å². The van der Waals surface area contributed by atoms with Gasteiger partial charge in [0.15, 0.2) is 5.78 Å². The van der Waals surface area contributed by atoms with Crippen LogP contribution in [0, 0.1) is 5.92 Å². The van der Waals surface area contributed by atoms with E-state index in [-0.39, 0.29) is 30.9 Å². The van der Waals surface area contributed by atoms with E-state index >= 15 is 0 Å². The third-order valence-corrected chi connectivity index (χ3v) is 6.84. The topological polar surface area (TPSA) is 89.9 Å². The van der Waals surface area contributed by atoms with Crippen LogP contribution in [0.5, 0.6) is 0 Å². The van der Waals surface area contributed by atoms with Crippen LogP contribution in [0.1, 0.15) is 149 Å². The molecule has 0 spiro atoms. The average Bonchev–Trinajstić information content (AvgIpc) is 2.92. The molecule has 0 rings (SSSR count). The zero-order valence-electron chi connectivity index (χ0n) is 26.0. The summed E-state index contributed by atoms with van der Waals surface area (Å²) < 4.78 is 10.2. The lowest BCUT2D eigenvalue weighted by molar-refractivity contribution is -0.152. The largest absolute Gasteiger partial charge is 0.463 e. The number of allylic oxidation sites excluding steroid dienone is 4. The van der Waals surface area contributed by atoms with E-state index in [9.17, 15) is 19.5 Å². The van der Waals surface area contributed by atoms with E-state index in [0.29, 0.717) is 19.3 Å². The second-order valence-corrected chi connectivity index (χ2v) is 11.4. The van der Waals surface area contributed by atoms with Crippen LogP contribution in [0.25, 0.3) is 0 Å². The fraction of sp³-hybridized carbons (Fsp3) is 0.794. The Kier molecular flexibility index (Phi) is 27.2. The van der Waals surface area contributed by atoms with Crippen molar-refractivity contribution in [3.63, 3.8) is 0 Å². The molecule has 0 bridgehead atoms. The lowest BCUT2D eigenvalue weighted by Gasteiger charge is -2.12. The Morgan fingerprint density at radius 1 is 0.650 bits per heavy atom. The van der Waals surface area contributed by atoms with Crippen molar-refractivity contribution in [3.8, 4) is 0 Å². The van der Waals surface area contributed by atoms with Gasteiger partial charge >= 0.3 is 11.9 Å². The molecule has 1 atom stereocenters. The maximum Gasteiger partial charge on any atom is 0.305 e. The summed E-state index contributed by atoms with van der Waals surface area (Å²) in [5.74, 6) is 0.356. The second-order valence-electron chi connectivity index (χ2n) is 11.4. The summed E-state index contributed by atoms with van der Waals surface area (Å²) in [4.78, 5) is 35.4. The molecule has 232 valence electrons. The molecule has 0 aliphatic carbocycles. The van der Waals surface area contributed by atoms with Crippen molar-refractivity contribution in [3.05, 3.63) is 24.3 Å². The SMILES string of the molecule is CCCCCC(=O)/C=C/C=C\CCCCCCCC(=O)OC[C@@H](O)COC(=O)CCCCCCCCCC(C)C. The summed E-state index contributed by atoms with van der Waals surface area (Å²) in [6.07, 6.45) is 26.4. The number of hydrogen-bond acceptors (Lipinski definition) is 6. The number of esters is 2. The maximum atomic E-state index is 11.9. The molecule has 0 aromatic carbocycles. The maximum absolute atomic E-state index is 11.9. The van der Waals surface area contributed by atoms with Crippen LogP contribution < -0.4 is 0 Å². The van der Waals surface area contributed by atoms with Gasteiger partial charge in [-0.15, -0.1) is 0 Å². The Morgan fingerprint density at radius 3 is 1.70 bits per heavy atom. The van der Waals surface area contributed by atoms with Gasteiger partial charge in [-0.25, -0.2) is 0 Å². The Balaban J connectivity index is 3.55. The molecule has 0 unspecified atom stereocenters. The van der Waals surface area contributed by atoms with Crippen LogP contribution in [0.2, 0.25) is 0 Å². The van der Waals surface area contributed by atoms with Crippen molar-refractivity contribution in [1.82, 2.24) is 0 Å². The summed E-state index contributed by atoms with van der Waals surface area (Å²) in [5, 5.41) is 9.93. The predicted octanol–water partition coefficient (Wildman–Crippen LogP) is 8.59. The number of carbonyl (C=O) groups is 3. The Labute approximate surface area is 245 Å². The first kappa shape index (κ1) is 38.0. The first-order chi connectivity index (χ1) is 19.3. The number of unbranched alkanes of at least 4 members (excludes halogenated alkanes) is 13. The van der Waals surface area contributed by atoms with Crippen LogP contribution in [0.4, 0.5) is 0 Å². The van der Waals surface area contributed by atoms with Gasteiger partial charge in [0.25, 0.3) is 0 Å². The third-order valence-electron chi connectivity index (χ3n) is 6.84. The monoisotopic (exact) mass is 564 g/mol. The van der Waals surface area contributed by atoms with Crippen molar-refractivity contribution in [2.75, 3.05) is 13.2 Å². The summed E-state index contributed by atoms with van der Waals surface area (Å²) in [7, 11) is 0. The van der Waals surface area contributed by atoms with Gasteiger partial charge in [-0.05, 0) is 44.1 Å². The number of ketones is 1. The van der Waals surface area contributed by atoms with E-state index in [1.54, 1.807) is 6.08 Å². The highest BCUT2D eigenvalue weighted by Gasteiger charge is 2.12. The van der Waals surface area contributed by atoms with Crippen LogP contribution in [0.15, 0.2) is 24.3 Å². The van der Waals surface area contributed by atoms with E-state index in [1.165, 1.54) is 32.1 Å². The normalized spacial score (nSPS) is 12.4. The molecule has 0 saturated carbocycles. The van der Waals surface area contributed by atoms with Gasteiger partial charge in [-0.2, -0.15) is 0 Å². The summed E-state index contributed by atoms with van der Waals surface area (Å²) in [6.45, 7) is 6.38. The van der Waals surface area contributed by atoms with Crippen molar-refractivity contribution >= 4 is 17.7 Å². The van der Waals surface area contributed by atoms with E-state index < -0.39 is 6.10 Å². The van der Waals surface area contributed by atoms with Crippen LogP contribution in [-0.2, 0) is 23.9 Å². The Morgan fingerprint density at radius 2 is 1.15 bits per heavy atom. The molecule has 1 N–H and O–H groups in total. The van der Waals surface area contributed by atoms with E-state index in [4.69, 9.17) is 9.47 Å². The number of ether oxygens (including phenoxy) is 2. The number of hydrogen-bond donors (Lipinski definition) is 1. The van der Waals surface area contributed by atoms with E-state index in [1.807, 2.05) is 12.2 Å². The van der Waals surface area contributed by atoms with Crippen molar-refractivity contribution < 1.29 is 29.0 Å². The lowest BCUT2D eigenvalue weighted by atomic mass is 10.0. The first-order valence-corrected chi connectivity index (χ1v) is 16.2. The molecule has 0 saturated heterocycles. The highest BCUT2D eigenvalue weighted by molar-refractivity contribution is 5.89. The molecule has 40 heavy (non-hydrogen) atoms. The fourth-order valence-corrected chi connectivity index (χ4v) is 4.31. The minimum Gasteiger partial charge on any atom is -0.463 e. The summed E-state index contributed by atoms with van der Waals surface area (Å²) in [6, 6.07) is 0. The van der Waals surface area contributed by atoms with Crippen molar-refractivity contribution in [2.45, 2.75) is 155 Å². The van der Waals surface area contributed by atoms with Gasteiger partial charge in [0.2, 0.25) is 0 Å². The zero-order chi connectivity index (χ0) is 29.7. The summed E-state index contributed by atoms with van der Waals surface area (Å²) in [5.41, 5.74) is 0. The molecule has 0 aliphatic rings. The van der Waals surface area contributed by atoms with Gasteiger partial charge in [-0.1, -0.05) is 116 Å².